The summed E-state index contributed by atoms with van der Waals surface area (Å²) in [5, 5.41) is 21.1. The molecule has 0 amide bonds. The number of rotatable bonds is 6. The molecule has 0 unspecified atom stereocenters. The van der Waals surface area contributed by atoms with Crippen molar-refractivity contribution in [3.05, 3.63) is 12.3 Å². The molecule has 0 bridgehead atoms. The SMILES string of the molecule is N#CCN(CC#N)CCCn1ccc(N)n1. The van der Waals surface area contributed by atoms with Gasteiger partial charge in [0.25, 0.3) is 0 Å². The minimum Gasteiger partial charge on any atom is -0.382 e. The van der Waals surface area contributed by atoms with Crippen LogP contribution in [0.3, 0.4) is 0 Å². The zero-order chi connectivity index (χ0) is 11.8. The highest BCUT2D eigenvalue weighted by atomic mass is 15.3. The van der Waals surface area contributed by atoms with Gasteiger partial charge in [0.2, 0.25) is 0 Å². The normalized spacial score (nSPS) is 9.94. The fourth-order valence-electron chi connectivity index (χ4n) is 1.37. The molecule has 6 heteroatoms. The van der Waals surface area contributed by atoms with Gasteiger partial charge in [-0.1, -0.05) is 0 Å². The standard InChI is InChI=1S/C10H14N6/c11-3-8-15(9-4-12)5-1-6-16-7-2-10(13)14-16/h2,7H,1,5-6,8-9H2,(H2,13,14). The third-order valence-electron chi connectivity index (χ3n) is 2.11. The Morgan fingerprint density at radius 3 is 2.56 bits per heavy atom. The summed E-state index contributed by atoms with van der Waals surface area (Å²) in [6.45, 7) is 2.02. The number of nitrogens with two attached hydrogens (primary N) is 1. The van der Waals surface area contributed by atoms with Gasteiger partial charge in [0.05, 0.1) is 25.2 Å². The summed E-state index contributed by atoms with van der Waals surface area (Å²) in [4.78, 5) is 1.80. The van der Waals surface area contributed by atoms with Crippen LogP contribution >= 0.6 is 0 Å². The van der Waals surface area contributed by atoms with Gasteiger partial charge in [-0.25, -0.2) is 0 Å². The van der Waals surface area contributed by atoms with E-state index in [9.17, 15) is 0 Å². The Kier molecular flexibility index (Phi) is 4.84. The minimum atomic E-state index is 0.287. The van der Waals surface area contributed by atoms with E-state index in [4.69, 9.17) is 16.3 Å². The molecule has 0 saturated carbocycles. The van der Waals surface area contributed by atoms with E-state index >= 15 is 0 Å². The number of nitrogen functional groups attached to an aromatic ring is 1. The number of aromatic nitrogens is 2. The van der Waals surface area contributed by atoms with Crippen molar-refractivity contribution in [2.75, 3.05) is 25.4 Å². The van der Waals surface area contributed by atoms with Crippen molar-refractivity contribution in [1.29, 1.82) is 10.5 Å². The largest absolute Gasteiger partial charge is 0.382 e. The predicted octanol–water partition coefficient (Wildman–Crippen LogP) is 0.205. The monoisotopic (exact) mass is 218 g/mol. The van der Waals surface area contributed by atoms with Gasteiger partial charge in [-0.3, -0.25) is 9.58 Å². The number of hydrogen-bond donors (Lipinski definition) is 1. The first-order chi connectivity index (χ1) is 7.76. The van der Waals surface area contributed by atoms with Crippen molar-refractivity contribution in [3.63, 3.8) is 0 Å². The van der Waals surface area contributed by atoms with Crippen LogP contribution in [0.25, 0.3) is 0 Å². The van der Waals surface area contributed by atoms with E-state index in [-0.39, 0.29) is 13.1 Å². The molecule has 1 heterocycles. The van der Waals surface area contributed by atoms with Crippen LogP contribution in [0.5, 0.6) is 0 Å². The first-order valence-electron chi connectivity index (χ1n) is 5.01. The molecule has 0 spiro atoms. The average molecular weight is 218 g/mol. The van der Waals surface area contributed by atoms with Gasteiger partial charge in [0.15, 0.2) is 0 Å². The lowest BCUT2D eigenvalue weighted by molar-refractivity contribution is 0.325. The quantitative estimate of drug-likeness (QED) is 0.688. The summed E-state index contributed by atoms with van der Waals surface area (Å²) in [5.41, 5.74) is 5.48. The third-order valence-corrected chi connectivity index (χ3v) is 2.11. The Morgan fingerprint density at radius 1 is 1.38 bits per heavy atom. The fraction of sp³-hybridized carbons (Fsp3) is 0.500. The molecular formula is C10H14N6. The van der Waals surface area contributed by atoms with Crippen LogP contribution in [0.2, 0.25) is 0 Å². The van der Waals surface area contributed by atoms with Crippen LogP contribution in [0.1, 0.15) is 6.42 Å². The van der Waals surface area contributed by atoms with Gasteiger partial charge in [0.1, 0.15) is 5.82 Å². The highest BCUT2D eigenvalue weighted by Gasteiger charge is 2.03. The van der Waals surface area contributed by atoms with Gasteiger partial charge < -0.3 is 5.73 Å². The molecule has 0 aromatic carbocycles. The maximum atomic E-state index is 8.55. The second-order valence-corrected chi connectivity index (χ2v) is 3.38. The van der Waals surface area contributed by atoms with Gasteiger partial charge in [0, 0.05) is 19.3 Å². The molecule has 1 aromatic heterocycles. The van der Waals surface area contributed by atoms with Crippen LogP contribution in [-0.2, 0) is 6.54 Å². The topological polar surface area (TPSA) is 94.7 Å². The van der Waals surface area contributed by atoms with Gasteiger partial charge >= 0.3 is 0 Å². The molecule has 0 aliphatic rings. The zero-order valence-corrected chi connectivity index (χ0v) is 9.00. The third kappa shape index (κ3) is 3.99. The first-order valence-corrected chi connectivity index (χ1v) is 5.01. The molecule has 6 nitrogen and oxygen atoms in total. The molecule has 1 rings (SSSR count). The van der Waals surface area contributed by atoms with Crippen LogP contribution in [-0.4, -0.2) is 34.3 Å². The number of nitrogens with zero attached hydrogens (tertiary/aromatic N) is 5. The smallest absolute Gasteiger partial charge is 0.145 e. The summed E-state index contributed by atoms with van der Waals surface area (Å²) < 4.78 is 1.76. The Labute approximate surface area is 94.5 Å². The summed E-state index contributed by atoms with van der Waals surface area (Å²) >= 11 is 0. The number of anilines is 1. The second-order valence-electron chi connectivity index (χ2n) is 3.38. The van der Waals surface area contributed by atoms with Crippen LogP contribution < -0.4 is 5.73 Å². The van der Waals surface area contributed by atoms with E-state index in [2.05, 4.69) is 5.10 Å². The molecule has 0 fully saturated rings. The van der Waals surface area contributed by atoms with E-state index in [1.165, 1.54) is 0 Å². The molecule has 0 saturated heterocycles. The number of nitriles is 2. The highest BCUT2D eigenvalue weighted by molar-refractivity contribution is 5.23. The molecule has 0 radical (unpaired) electrons. The molecule has 1 aromatic rings. The summed E-state index contributed by atoms with van der Waals surface area (Å²) in [6.07, 6.45) is 2.65. The lowest BCUT2D eigenvalue weighted by Crippen LogP contribution is -2.26. The second kappa shape index (κ2) is 6.44. The average Bonchev–Trinajstić information content (AvgIpc) is 2.65. The maximum Gasteiger partial charge on any atom is 0.145 e. The summed E-state index contributed by atoms with van der Waals surface area (Å²) in [6, 6.07) is 5.81. The van der Waals surface area contributed by atoms with E-state index in [0.29, 0.717) is 12.4 Å². The molecule has 84 valence electrons. The zero-order valence-electron chi connectivity index (χ0n) is 9.00. The Bertz CT molecular complexity index is 380. The molecule has 0 aliphatic heterocycles. The number of aryl methyl sites for hydroxylation is 1. The molecule has 0 atom stereocenters. The fourth-order valence-corrected chi connectivity index (χ4v) is 1.37. The van der Waals surface area contributed by atoms with Gasteiger partial charge in [-0.2, -0.15) is 15.6 Å². The summed E-state index contributed by atoms with van der Waals surface area (Å²) in [7, 11) is 0. The summed E-state index contributed by atoms with van der Waals surface area (Å²) in [5.74, 6) is 0.505. The Balaban J connectivity index is 2.28. The van der Waals surface area contributed by atoms with E-state index in [1.54, 1.807) is 15.6 Å². The van der Waals surface area contributed by atoms with E-state index in [0.717, 1.165) is 13.0 Å². The van der Waals surface area contributed by atoms with Crippen molar-refractivity contribution >= 4 is 5.82 Å². The molecular weight excluding hydrogens is 204 g/mol. The Morgan fingerprint density at radius 2 is 2.06 bits per heavy atom. The number of hydrogen-bond acceptors (Lipinski definition) is 5. The predicted molar refractivity (Wildman–Crippen MR) is 58.9 cm³/mol. The van der Waals surface area contributed by atoms with Gasteiger partial charge in [-0.05, 0) is 12.5 Å². The lowest BCUT2D eigenvalue weighted by atomic mass is 10.3. The Hall–Kier alpha value is -2.05. The maximum absolute atomic E-state index is 8.55. The molecule has 16 heavy (non-hydrogen) atoms. The van der Waals surface area contributed by atoms with Crippen LogP contribution in [0, 0.1) is 22.7 Å². The van der Waals surface area contributed by atoms with Crippen molar-refractivity contribution < 1.29 is 0 Å². The van der Waals surface area contributed by atoms with Crippen LogP contribution in [0.4, 0.5) is 5.82 Å². The van der Waals surface area contributed by atoms with Crippen molar-refractivity contribution in [1.82, 2.24) is 14.7 Å². The minimum absolute atomic E-state index is 0.287. The van der Waals surface area contributed by atoms with Crippen molar-refractivity contribution in [2.45, 2.75) is 13.0 Å². The van der Waals surface area contributed by atoms with Crippen molar-refractivity contribution in [2.24, 2.45) is 0 Å². The molecule has 2 N–H and O–H groups in total. The lowest BCUT2D eigenvalue weighted by Gasteiger charge is -2.14. The highest BCUT2D eigenvalue weighted by Crippen LogP contribution is 1.98. The van der Waals surface area contributed by atoms with E-state index in [1.807, 2.05) is 18.3 Å². The molecule has 0 aliphatic carbocycles. The van der Waals surface area contributed by atoms with Crippen molar-refractivity contribution in [3.8, 4) is 12.1 Å². The first kappa shape index (κ1) is 12.0. The van der Waals surface area contributed by atoms with Gasteiger partial charge in [-0.15, -0.1) is 0 Å². The van der Waals surface area contributed by atoms with E-state index < -0.39 is 0 Å². The van der Waals surface area contributed by atoms with Crippen LogP contribution in [0.15, 0.2) is 12.3 Å².